The van der Waals surface area contributed by atoms with Crippen molar-refractivity contribution in [3.8, 4) is 0 Å². The Kier molecular flexibility index (Phi) is 5.89. The molecule has 29 heavy (non-hydrogen) atoms. The number of benzene rings is 1. The molecule has 0 atom stereocenters. The number of ether oxygens (including phenoxy) is 1. The summed E-state index contributed by atoms with van der Waals surface area (Å²) in [4.78, 5) is 35.7. The van der Waals surface area contributed by atoms with E-state index in [0.717, 1.165) is 37.7 Å². The largest absolute Gasteiger partial charge is 0.378 e. The van der Waals surface area contributed by atoms with E-state index in [0.29, 0.717) is 22.6 Å². The molecule has 0 aliphatic carbocycles. The molecule has 9 heteroatoms. The molecule has 0 bridgehead atoms. The average Bonchev–Trinajstić information content (AvgIpc) is 3.18. The highest BCUT2D eigenvalue weighted by Gasteiger charge is 2.13. The summed E-state index contributed by atoms with van der Waals surface area (Å²) < 4.78 is 5.99. The lowest BCUT2D eigenvalue weighted by Crippen LogP contribution is -2.36. The third kappa shape index (κ3) is 4.81. The second-order valence-electron chi connectivity index (χ2n) is 7.01. The molecular formula is C20H23N5O3S. The van der Waals surface area contributed by atoms with Crippen LogP contribution < -0.4 is 15.8 Å². The second kappa shape index (κ2) is 8.73. The van der Waals surface area contributed by atoms with Gasteiger partial charge in [0, 0.05) is 24.5 Å². The summed E-state index contributed by atoms with van der Waals surface area (Å²) in [7, 11) is 1.82. The maximum atomic E-state index is 12.4. The summed E-state index contributed by atoms with van der Waals surface area (Å²) in [5, 5.41) is 4.76. The number of hydrogen-bond acceptors (Lipinski definition) is 7. The minimum Gasteiger partial charge on any atom is -0.378 e. The number of likely N-dealkylation sites (N-methyl/N-ethyl adjacent to an activating group) is 1. The van der Waals surface area contributed by atoms with E-state index in [1.54, 1.807) is 0 Å². The van der Waals surface area contributed by atoms with Gasteiger partial charge in [0.2, 0.25) is 5.91 Å². The fraction of sp³-hybridized carbons (Fsp3) is 0.350. The predicted octanol–water partition coefficient (Wildman–Crippen LogP) is 1.89. The number of hydrogen-bond donors (Lipinski definition) is 2. The van der Waals surface area contributed by atoms with Gasteiger partial charge in [-0.25, -0.2) is 4.98 Å². The zero-order chi connectivity index (χ0) is 20.2. The lowest BCUT2D eigenvalue weighted by atomic mass is 10.2. The van der Waals surface area contributed by atoms with Crippen LogP contribution in [0.5, 0.6) is 0 Å². The van der Waals surface area contributed by atoms with Gasteiger partial charge in [0.15, 0.2) is 0 Å². The third-order valence-electron chi connectivity index (χ3n) is 4.72. The number of fused-ring (bicyclic) bond motifs is 1. The SMILES string of the molecule is CN(CC(=O)Nc1ccc(N2CCOCC2)cc1)Cc1nc2ccsc2c(=O)[nH]1. The summed E-state index contributed by atoms with van der Waals surface area (Å²) in [6.45, 7) is 3.81. The fourth-order valence-corrected chi connectivity index (χ4v) is 4.06. The first-order valence-corrected chi connectivity index (χ1v) is 10.3. The molecule has 1 amide bonds. The summed E-state index contributed by atoms with van der Waals surface area (Å²) in [5.74, 6) is 0.427. The summed E-state index contributed by atoms with van der Waals surface area (Å²) in [5.41, 5.74) is 2.43. The highest BCUT2D eigenvalue weighted by Crippen LogP contribution is 2.19. The zero-order valence-corrected chi connectivity index (χ0v) is 17.0. The van der Waals surface area contributed by atoms with E-state index in [2.05, 4.69) is 20.2 Å². The smallest absolute Gasteiger partial charge is 0.268 e. The third-order valence-corrected chi connectivity index (χ3v) is 5.63. The minimum atomic E-state index is -0.141. The molecule has 152 valence electrons. The molecule has 1 aliphatic rings. The van der Waals surface area contributed by atoms with Gasteiger partial charge in [-0.05, 0) is 42.8 Å². The Morgan fingerprint density at radius 2 is 2.03 bits per heavy atom. The molecule has 1 fully saturated rings. The van der Waals surface area contributed by atoms with E-state index < -0.39 is 0 Å². The van der Waals surface area contributed by atoms with Gasteiger partial charge in [-0.3, -0.25) is 14.5 Å². The van der Waals surface area contributed by atoms with Crippen molar-refractivity contribution in [2.24, 2.45) is 0 Å². The average molecular weight is 414 g/mol. The lowest BCUT2D eigenvalue weighted by Gasteiger charge is -2.28. The van der Waals surface area contributed by atoms with Gasteiger partial charge >= 0.3 is 0 Å². The molecule has 8 nitrogen and oxygen atoms in total. The Morgan fingerprint density at radius 3 is 2.79 bits per heavy atom. The maximum Gasteiger partial charge on any atom is 0.268 e. The van der Waals surface area contributed by atoms with Crippen molar-refractivity contribution in [3.05, 3.63) is 51.9 Å². The monoisotopic (exact) mass is 413 g/mol. The minimum absolute atomic E-state index is 0.120. The number of H-pyrrole nitrogens is 1. The number of nitrogens with zero attached hydrogens (tertiary/aromatic N) is 3. The van der Waals surface area contributed by atoms with Crippen molar-refractivity contribution >= 4 is 38.8 Å². The van der Waals surface area contributed by atoms with Crippen LogP contribution in [0.25, 0.3) is 10.2 Å². The van der Waals surface area contributed by atoms with E-state index in [1.165, 1.54) is 11.3 Å². The number of amides is 1. The van der Waals surface area contributed by atoms with Gasteiger partial charge in [-0.15, -0.1) is 11.3 Å². The Hall–Kier alpha value is -2.75. The van der Waals surface area contributed by atoms with Crippen LogP contribution in [-0.4, -0.2) is 60.7 Å². The number of thiophene rings is 1. The standard InChI is InChI=1S/C20H23N5O3S/c1-24(12-17-22-16-6-11-29-19(16)20(27)23-17)13-18(26)21-14-2-4-15(5-3-14)25-7-9-28-10-8-25/h2-6,11H,7-10,12-13H2,1H3,(H,21,26)(H,22,23,27). The van der Waals surface area contributed by atoms with Crippen LogP contribution in [0.4, 0.5) is 11.4 Å². The molecule has 2 aromatic heterocycles. The number of aromatic nitrogens is 2. The Balaban J connectivity index is 1.32. The molecule has 1 aromatic carbocycles. The summed E-state index contributed by atoms with van der Waals surface area (Å²) in [6, 6.07) is 9.66. The Labute approximate surface area is 172 Å². The molecule has 3 aromatic rings. The van der Waals surface area contributed by atoms with Gasteiger partial charge in [0.1, 0.15) is 10.5 Å². The number of carbonyl (C=O) groups is 1. The highest BCUT2D eigenvalue weighted by molar-refractivity contribution is 7.17. The maximum absolute atomic E-state index is 12.4. The van der Waals surface area contributed by atoms with E-state index in [4.69, 9.17) is 4.74 Å². The molecular weight excluding hydrogens is 390 g/mol. The molecule has 2 N–H and O–H groups in total. The Bertz CT molecular complexity index is 1040. The molecule has 0 radical (unpaired) electrons. The van der Waals surface area contributed by atoms with Crippen molar-refractivity contribution in [2.75, 3.05) is 50.1 Å². The van der Waals surface area contributed by atoms with E-state index in [1.807, 2.05) is 47.7 Å². The fourth-order valence-electron chi connectivity index (χ4n) is 3.33. The first-order valence-electron chi connectivity index (χ1n) is 9.46. The first kappa shape index (κ1) is 19.6. The Morgan fingerprint density at radius 1 is 1.28 bits per heavy atom. The van der Waals surface area contributed by atoms with Crippen molar-refractivity contribution in [1.29, 1.82) is 0 Å². The molecule has 1 saturated heterocycles. The van der Waals surface area contributed by atoms with Gasteiger partial charge in [-0.2, -0.15) is 0 Å². The number of rotatable bonds is 6. The molecule has 4 rings (SSSR count). The molecule has 1 aliphatic heterocycles. The summed E-state index contributed by atoms with van der Waals surface area (Å²) in [6.07, 6.45) is 0. The second-order valence-corrected chi connectivity index (χ2v) is 7.93. The topological polar surface area (TPSA) is 90.6 Å². The van der Waals surface area contributed by atoms with Gasteiger partial charge in [0.25, 0.3) is 5.56 Å². The first-order chi connectivity index (χ1) is 14.1. The molecule has 0 spiro atoms. The summed E-state index contributed by atoms with van der Waals surface area (Å²) >= 11 is 1.37. The number of anilines is 2. The zero-order valence-electron chi connectivity index (χ0n) is 16.2. The number of morpholine rings is 1. The highest BCUT2D eigenvalue weighted by atomic mass is 32.1. The van der Waals surface area contributed by atoms with E-state index in [9.17, 15) is 9.59 Å². The number of nitrogens with one attached hydrogen (secondary N) is 2. The van der Waals surface area contributed by atoms with Crippen LogP contribution in [0.3, 0.4) is 0 Å². The van der Waals surface area contributed by atoms with E-state index >= 15 is 0 Å². The van der Waals surface area contributed by atoms with Crippen LogP contribution in [-0.2, 0) is 16.1 Å². The normalized spacial score (nSPS) is 14.5. The van der Waals surface area contributed by atoms with Crippen molar-refractivity contribution in [3.63, 3.8) is 0 Å². The predicted molar refractivity (Wildman–Crippen MR) is 115 cm³/mol. The number of carbonyl (C=O) groups excluding carboxylic acids is 1. The lowest BCUT2D eigenvalue weighted by molar-refractivity contribution is -0.117. The van der Waals surface area contributed by atoms with Crippen LogP contribution in [0.2, 0.25) is 0 Å². The number of aromatic amines is 1. The van der Waals surface area contributed by atoms with Crippen LogP contribution in [0.1, 0.15) is 5.82 Å². The van der Waals surface area contributed by atoms with Crippen molar-refractivity contribution < 1.29 is 9.53 Å². The van der Waals surface area contributed by atoms with Crippen LogP contribution >= 0.6 is 11.3 Å². The van der Waals surface area contributed by atoms with Crippen LogP contribution in [0.15, 0.2) is 40.5 Å². The molecule has 0 saturated carbocycles. The van der Waals surface area contributed by atoms with Gasteiger partial charge in [0.05, 0.1) is 31.8 Å². The van der Waals surface area contributed by atoms with Gasteiger partial charge in [-0.1, -0.05) is 0 Å². The van der Waals surface area contributed by atoms with Crippen molar-refractivity contribution in [1.82, 2.24) is 14.9 Å². The van der Waals surface area contributed by atoms with E-state index in [-0.39, 0.29) is 18.0 Å². The van der Waals surface area contributed by atoms with Crippen LogP contribution in [0, 0.1) is 0 Å². The van der Waals surface area contributed by atoms with Crippen molar-refractivity contribution in [2.45, 2.75) is 6.54 Å². The molecule has 3 heterocycles. The quantitative estimate of drug-likeness (QED) is 0.641. The molecule has 0 unspecified atom stereocenters. The van der Waals surface area contributed by atoms with Gasteiger partial charge < -0.3 is 19.9 Å².